The topological polar surface area (TPSA) is 29.1 Å². The number of halogens is 1. The highest BCUT2D eigenvalue weighted by molar-refractivity contribution is 14.1. The van der Waals surface area contributed by atoms with Gasteiger partial charge in [0.15, 0.2) is 0 Å². The van der Waals surface area contributed by atoms with Gasteiger partial charge in [-0.3, -0.25) is 4.79 Å². The zero-order valence-electron chi connectivity index (χ0n) is 12.5. The second kappa shape index (κ2) is 4.97. The third-order valence-corrected chi connectivity index (χ3v) is 6.63. The van der Waals surface area contributed by atoms with Crippen molar-refractivity contribution in [2.45, 2.75) is 45.4 Å². The van der Waals surface area contributed by atoms with Crippen LogP contribution >= 0.6 is 22.6 Å². The monoisotopic (exact) mass is 395 g/mol. The lowest BCUT2D eigenvalue weighted by molar-refractivity contribution is -0.140. The highest BCUT2D eigenvalue weighted by Crippen LogP contribution is 2.60. The van der Waals surface area contributed by atoms with Crippen molar-refractivity contribution in [3.63, 3.8) is 0 Å². The molecule has 0 spiro atoms. The zero-order chi connectivity index (χ0) is 14.6. The molecule has 5 rings (SSSR count). The summed E-state index contributed by atoms with van der Waals surface area (Å²) in [6.45, 7) is 2.08. The van der Waals surface area contributed by atoms with Gasteiger partial charge in [-0.15, -0.1) is 0 Å². The van der Waals surface area contributed by atoms with Crippen molar-refractivity contribution in [3.05, 3.63) is 27.3 Å². The van der Waals surface area contributed by atoms with Gasteiger partial charge in [-0.05, 0) is 110 Å². The second-order valence-corrected chi connectivity index (χ2v) is 8.86. The molecular formula is C18H22INO. The first-order chi connectivity index (χ1) is 10.0. The van der Waals surface area contributed by atoms with E-state index >= 15 is 0 Å². The largest absolute Gasteiger partial charge is 0.325 e. The first kappa shape index (κ1) is 14.0. The molecule has 0 radical (unpaired) electrons. The standard InChI is InChI=1S/C18H22INO/c1-11-4-15(19)2-3-16(11)20-17(21)18-8-12-5-13(9-18)7-14(6-12)10-18/h2-4,12-14H,5-10H2,1H3,(H,20,21). The van der Waals surface area contributed by atoms with Crippen molar-refractivity contribution in [1.82, 2.24) is 0 Å². The van der Waals surface area contributed by atoms with Crippen LogP contribution in [0.4, 0.5) is 5.69 Å². The Hall–Kier alpha value is -0.580. The van der Waals surface area contributed by atoms with Crippen molar-refractivity contribution in [2.24, 2.45) is 23.2 Å². The number of hydrogen-bond acceptors (Lipinski definition) is 1. The zero-order valence-corrected chi connectivity index (χ0v) is 14.7. The van der Waals surface area contributed by atoms with Gasteiger partial charge in [0.2, 0.25) is 5.91 Å². The SMILES string of the molecule is Cc1cc(I)ccc1NC(=O)C12CC3CC(CC(C3)C1)C2. The molecule has 112 valence electrons. The Labute approximate surface area is 140 Å². The molecule has 21 heavy (non-hydrogen) atoms. The fraction of sp³-hybridized carbons (Fsp3) is 0.611. The lowest BCUT2D eigenvalue weighted by Crippen LogP contribution is -2.51. The Balaban J connectivity index is 1.57. The van der Waals surface area contributed by atoms with Crippen LogP contribution in [0.5, 0.6) is 0 Å². The summed E-state index contributed by atoms with van der Waals surface area (Å²) >= 11 is 2.32. The van der Waals surface area contributed by atoms with Crippen LogP contribution < -0.4 is 5.32 Å². The number of benzene rings is 1. The Bertz CT molecular complexity index is 560. The van der Waals surface area contributed by atoms with E-state index in [0.717, 1.165) is 42.7 Å². The molecule has 0 atom stereocenters. The summed E-state index contributed by atoms with van der Waals surface area (Å²) < 4.78 is 1.22. The van der Waals surface area contributed by atoms with Crippen LogP contribution in [-0.2, 0) is 4.79 Å². The second-order valence-electron chi connectivity index (χ2n) is 7.61. The Kier molecular flexibility index (Phi) is 3.32. The molecule has 4 saturated carbocycles. The molecule has 1 aromatic rings. The minimum absolute atomic E-state index is 0.0514. The highest BCUT2D eigenvalue weighted by atomic mass is 127. The fourth-order valence-electron chi connectivity index (χ4n) is 5.41. The first-order valence-electron chi connectivity index (χ1n) is 8.12. The average Bonchev–Trinajstić information content (AvgIpc) is 2.40. The molecule has 1 N–H and O–H groups in total. The first-order valence-corrected chi connectivity index (χ1v) is 9.19. The van der Waals surface area contributed by atoms with Crippen LogP contribution in [0, 0.1) is 33.7 Å². The minimum atomic E-state index is -0.0514. The van der Waals surface area contributed by atoms with E-state index in [0.29, 0.717) is 5.91 Å². The molecule has 0 aliphatic heterocycles. The number of carbonyl (C=O) groups excluding carboxylic acids is 1. The number of anilines is 1. The maximum absolute atomic E-state index is 13.0. The molecule has 0 aromatic heterocycles. The number of rotatable bonds is 2. The molecule has 3 heteroatoms. The molecule has 0 unspecified atom stereocenters. The Morgan fingerprint density at radius 3 is 2.24 bits per heavy atom. The van der Waals surface area contributed by atoms with E-state index in [1.165, 1.54) is 28.4 Å². The maximum Gasteiger partial charge on any atom is 0.230 e. The van der Waals surface area contributed by atoms with E-state index < -0.39 is 0 Å². The number of hydrogen-bond donors (Lipinski definition) is 1. The van der Waals surface area contributed by atoms with E-state index in [4.69, 9.17) is 0 Å². The van der Waals surface area contributed by atoms with Crippen molar-refractivity contribution in [2.75, 3.05) is 5.32 Å². The van der Waals surface area contributed by atoms with Gasteiger partial charge < -0.3 is 5.32 Å². The maximum atomic E-state index is 13.0. The third kappa shape index (κ3) is 2.41. The summed E-state index contributed by atoms with van der Waals surface area (Å²) in [4.78, 5) is 13.0. The lowest BCUT2D eigenvalue weighted by atomic mass is 9.49. The molecule has 4 aliphatic carbocycles. The summed E-state index contributed by atoms with van der Waals surface area (Å²) in [5.41, 5.74) is 2.11. The number of aryl methyl sites for hydroxylation is 1. The van der Waals surface area contributed by atoms with Crippen LogP contribution in [0.2, 0.25) is 0 Å². The van der Waals surface area contributed by atoms with Gasteiger partial charge in [-0.2, -0.15) is 0 Å². The number of nitrogens with one attached hydrogen (secondary N) is 1. The van der Waals surface area contributed by atoms with E-state index in [9.17, 15) is 4.79 Å². The summed E-state index contributed by atoms with van der Waals surface area (Å²) in [5.74, 6) is 2.75. The molecule has 4 aliphatic rings. The summed E-state index contributed by atoms with van der Waals surface area (Å²) in [7, 11) is 0. The lowest BCUT2D eigenvalue weighted by Gasteiger charge is -2.55. The molecular weight excluding hydrogens is 373 g/mol. The van der Waals surface area contributed by atoms with Gasteiger partial charge in [0.05, 0.1) is 5.41 Å². The Morgan fingerprint density at radius 1 is 1.14 bits per heavy atom. The van der Waals surface area contributed by atoms with Gasteiger partial charge in [-0.1, -0.05) is 0 Å². The van der Waals surface area contributed by atoms with Crippen LogP contribution in [0.1, 0.15) is 44.1 Å². The molecule has 0 heterocycles. The van der Waals surface area contributed by atoms with Crippen molar-refractivity contribution < 1.29 is 4.79 Å². The molecule has 4 fully saturated rings. The number of carbonyl (C=O) groups is 1. The van der Waals surface area contributed by atoms with Crippen LogP contribution in [0.15, 0.2) is 18.2 Å². The van der Waals surface area contributed by atoms with Crippen LogP contribution in [-0.4, -0.2) is 5.91 Å². The van der Waals surface area contributed by atoms with Gasteiger partial charge >= 0.3 is 0 Å². The summed E-state index contributed by atoms with van der Waals surface area (Å²) in [5, 5.41) is 3.25. The summed E-state index contributed by atoms with van der Waals surface area (Å²) in [6, 6.07) is 6.26. The van der Waals surface area contributed by atoms with E-state index in [2.05, 4.69) is 53.0 Å². The van der Waals surface area contributed by atoms with E-state index in [1.807, 2.05) is 0 Å². The summed E-state index contributed by atoms with van der Waals surface area (Å²) in [6.07, 6.45) is 7.55. The molecule has 1 aromatic carbocycles. The smallest absolute Gasteiger partial charge is 0.230 e. The van der Waals surface area contributed by atoms with Gasteiger partial charge in [-0.25, -0.2) is 0 Å². The van der Waals surface area contributed by atoms with Crippen LogP contribution in [0.3, 0.4) is 0 Å². The molecule has 0 saturated heterocycles. The third-order valence-electron chi connectivity index (χ3n) is 5.96. The minimum Gasteiger partial charge on any atom is -0.325 e. The fourth-order valence-corrected chi connectivity index (χ4v) is 6.06. The predicted molar refractivity (Wildman–Crippen MR) is 93.1 cm³/mol. The molecule has 4 bridgehead atoms. The normalized spacial score (nSPS) is 36.8. The molecule has 2 nitrogen and oxygen atoms in total. The van der Waals surface area contributed by atoms with Crippen molar-refractivity contribution in [1.29, 1.82) is 0 Å². The van der Waals surface area contributed by atoms with E-state index in [-0.39, 0.29) is 5.41 Å². The van der Waals surface area contributed by atoms with Gasteiger partial charge in [0, 0.05) is 9.26 Å². The predicted octanol–water partition coefficient (Wildman–Crippen LogP) is 4.75. The molecule has 1 amide bonds. The highest BCUT2D eigenvalue weighted by Gasteiger charge is 2.54. The quantitative estimate of drug-likeness (QED) is 0.720. The van der Waals surface area contributed by atoms with Crippen LogP contribution in [0.25, 0.3) is 0 Å². The van der Waals surface area contributed by atoms with Crippen molar-refractivity contribution >= 4 is 34.2 Å². The van der Waals surface area contributed by atoms with E-state index in [1.54, 1.807) is 0 Å². The van der Waals surface area contributed by atoms with Gasteiger partial charge in [0.1, 0.15) is 0 Å². The van der Waals surface area contributed by atoms with Gasteiger partial charge in [0.25, 0.3) is 0 Å². The number of amides is 1. The Morgan fingerprint density at radius 2 is 1.71 bits per heavy atom. The average molecular weight is 395 g/mol. The van der Waals surface area contributed by atoms with Crippen molar-refractivity contribution in [3.8, 4) is 0 Å².